The van der Waals surface area contributed by atoms with Gasteiger partial charge >= 0.3 is 35.5 Å². The van der Waals surface area contributed by atoms with Gasteiger partial charge < -0.3 is 16.6 Å². The molecule has 2 N–H and O–H groups in total. The number of rotatable bonds is 10. The van der Waals surface area contributed by atoms with Crippen LogP contribution in [0.4, 0.5) is 0 Å². The molecule has 2 aromatic carbocycles. The predicted octanol–water partition coefficient (Wildman–Crippen LogP) is 2.29. The van der Waals surface area contributed by atoms with E-state index >= 15 is 0 Å². The van der Waals surface area contributed by atoms with E-state index in [-0.39, 0.29) is 31.0 Å². The molecule has 0 spiro atoms. The van der Waals surface area contributed by atoms with Crippen molar-refractivity contribution in [3.8, 4) is 16.9 Å². The maximum Gasteiger partial charge on any atom is 1.00 e. The average molecular weight is 501 g/mol. The second-order valence-electron chi connectivity index (χ2n) is 7.72. The number of nitrogens with zero attached hydrogens (tertiary/aromatic N) is 1. The molecule has 0 bridgehead atoms. The van der Waals surface area contributed by atoms with Gasteiger partial charge in [0.2, 0.25) is 0 Å². The molecule has 0 aliphatic rings. The normalized spacial score (nSPS) is 11.5. The Morgan fingerprint density at radius 3 is 2.63 bits per heavy atom. The molecule has 0 unspecified atom stereocenters. The molecule has 1 atom stereocenters. The number of amides is 1. The van der Waals surface area contributed by atoms with Crippen LogP contribution >= 0.6 is 11.8 Å². The second-order valence-corrected chi connectivity index (χ2v) is 8.70. The van der Waals surface area contributed by atoms with Gasteiger partial charge in [-0.1, -0.05) is 36.4 Å². The van der Waals surface area contributed by atoms with Crippen LogP contribution in [0.15, 0.2) is 60.9 Å². The van der Waals surface area contributed by atoms with Gasteiger partial charge in [-0.05, 0) is 71.9 Å². The van der Waals surface area contributed by atoms with Gasteiger partial charge in [0, 0.05) is 23.5 Å². The molecule has 0 saturated carbocycles. The Labute approximate surface area is 234 Å². The minimum atomic E-state index is -1.04. The summed E-state index contributed by atoms with van der Waals surface area (Å²) in [5, 5.41) is 12.2. The van der Waals surface area contributed by atoms with Crippen LogP contribution in [0, 0.1) is 6.92 Å². The number of carbonyl (C=O) groups excluding carboxylic acids is 1. The molecule has 0 saturated heterocycles. The summed E-state index contributed by atoms with van der Waals surface area (Å²) in [6.07, 6.45) is 9.50. The van der Waals surface area contributed by atoms with Gasteiger partial charge in [0.25, 0.3) is 5.91 Å². The molecule has 8 heteroatoms. The van der Waals surface area contributed by atoms with Crippen LogP contribution in [0.3, 0.4) is 0 Å². The summed E-state index contributed by atoms with van der Waals surface area (Å²) in [5.41, 5.74) is 4.83. The standard InChI is InChI=1S/C27H28N2O4S.Na.H/c1-18-6-4-5-7-21(18)23-16-19(8-10-20-17-28-14-12-25(20)33-2)9-11-22(23)26(30)29-24(27(31)32)13-15-34-3;;/h4-12,14,16-17,24H,13,15H2,1-3H3,(H,29,30)(H,31,32);;/q;+1;-1/t24-;;/m0../s1. The Balaban J connectivity index is 0.00000324. The fourth-order valence-corrected chi connectivity index (χ4v) is 4.05. The van der Waals surface area contributed by atoms with E-state index < -0.39 is 17.9 Å². The summed E-state index contributed by atoms with van der Waals surface area (Å²) in [5.74, 6) is -0.0870. The number of carboxylic acids is 1. The van der Waals surface area contributed by atoms with Gasteiger partial charge in [0.05, 0.1) is 7.11 Å². The summed E-state index contributed by atoms with van der Waals surface area (Å²) in [6.45, 7) is 1.98. The number of hydrogen-bond donors (Lipinski definition) is 2. The molecule has 1 heterocycles. The van der Waals surface area contributed by atoms with Gasteiger partial charge in [-0.3, -0.25) is 9.78 Å². The van der Waals surface area contributed by atoms with Crippen molar-refractivity contribution in [3.63, 3.8) is 0 Å². The Hall–Kier alpha value is -2.58. The number of thioether (sulfide) groups is 1. The van der Waals surface area contributed by atoms with E-state index in [1.165, 1.54) is 0 Å². The molecule has 178 valence electrons. The van der Waals surface area contributed by atoms with E-state index in [4.69, 9.17) is 4.74 Å². The van der Waals surface area contributed by atoms with Crippen molar-refractivity contribution in [1.82, 2.24) is 10.3 Å². The van der Waals surface area contributed by atoms with E-state index in [0.717, 1.165) is 27.8 Å². The number of nitrogens with one attached hydrogen (secondary N) is 1. The third kappa shape index (κ3) is 7.70. The van der Waals surface area contributed by atoms with Crippen molar-refractivity contribution in [2.24, 2.45) is 0 Å². The molecule has 35 heavy (non-hydrogen) atoms. The largest absolute Gasteiger partial charge is 1.00 e. The zero-order valence-electron chi connectivity index (χ0n) is 21.4. The summed E-state index contributed by atoms with van der Waals surface area (Å²) >= 11 is 1.54. The van der Waals surface area contributed by atoms with E-state index in [1.807, 2.05) is 61.7 Å². The molecule has 0 aliphatic heterocycles. The first-order valence-corrected chi connectivity index (χ1v) is 12.2. The van der Waals surface area contributed by atoms with E-state index in [9.17, 15) is 14.7 Å². The van der Waals surface area contributed by atoms with Crippen molar-refractivity contribution in [1.29, 1.82) is 0 Å². The molecule has 1 amide bonds. The van der Waals surface area contributed by atoms with Crippen molar-refractivity contribution >= 4 is 35.8 Å². The first kappa shape index (κ1) is 28.7. The molecular formula is C27H29N2NaO4S. The van der Waals surface area contributed by atoms with E-state index in [2.05, 4.69) is 10.3 Å². The van der Waals surface area contributed by atoms with Gasteiger partial charge in [-0.15, -0.1) is 0 Å². The van der Waals surface area contributed by atoms with Crippen LogP contribution in [0.2, 0.25) is 0 Å². The minimum Gasteiger partial charge on any atom is -1.00 e. The molecule has 1 aromatic heterocycles. The number of hydrogen-bond acceptors (Lipinski definition) is 5. The van der Waals surface area contributed by atoms with E-state index in [0.29, 0.717) is 23.5 Å². The first-order valence-electron chi connectivity index (χ1n) is 10.8. The smallest absolute Gasteiger partial charge is 1.00 e. The van der Waals surface area contributed by atoms with Crippen molar-refractivity contribution in [2.75, 3.05) is 19.1 Å². The number of methoxy groups -OCH3 is 1. The third-order valence-electron chi connectivity index (χ3n) is 5.42. The monoisotopic (exact) mass is 500 g/mol. The Morgan fingerprint density at radius 1 is 1.17 bits per heavy atom. The fourth-order valence-electron chi connectivity index (χ4n) is 3.58. The number of aryl methyl sites for hydroxylation is 1. The number of pyridine rings is 1. The molecule has 6 nitrogen and oxygen atoms in total. The number of ether oxygens (including phenoxy) is 1. The van der Waals surface area contributed by atoms with Gasteiger partial charge in [0.1, 0.15) is 11.8 Å². The van der Waals surface area contributed by atoms with E-state index in [1.54, 1.807) is 43.4 Å². The van der Waals surface area contributed by atoms with Crippen LogP contribution in [0.5, 0.6) is 5.75 Å². The maximum absolute atomic E-state index is 13.2. The molecule has 3 aromatic rings. The SMILES string of the molecule is COc1ccncc1C=Cc1ccc(C(=O)N[C@@H](CCSC)C(=O)O)c(-c2ccccc2C)c1.[H-].[Na+]. The molecule has 0 fully saturated rings. The summed E-state index contributed by atoms with van der Waals surface area (Å²) in [7, 11) is 1.61. The molecule has 3 rings (SSSR count). The number of carbonyl (C=O) groups is 2. The van der Waals surface area contributed by atoms with Crippen LogP contribution in [0.1, 0.15) is 34.9 Å². The predicted molar refractivity (Wildman–Crippen MR) is 139 cm³/mol. The second kappa shape index (κ2) is 14.1. The fraction of sp³-hybridized carbons (Fsp3) is 0.222. The number of benzene rings is 2. The molecule has 0 aliphatic carbocycles. The topological polar surface area (TPSA) is 88.5 Å². The quantitative estimate of drug-likeness (QED) is 0.416. The van der Waals surface area contributed by atoms with Crippen molar-refractivity contribution < 1.29 is 50.4 Å². The summed E-state index contributed by atoms with van der Waals surface area (Å²) < 4.78 is 5.38. The maximum atomic E-state index is 13.2. The van der Waals surface area contributed by atoms with Gasteiger partial charge in [0.15, 0.2) is 0 Å². The number of carboxylic acid groups (broad SMARTS) is 1. The molecule has 0 radical (unpaired) electrons. The zero-order valence-corrected chi connectivity index (χ0v) is 23.3. The minimum absolute atomic E-state index is 0. The average Bonchev–Trinajstić information content (AvgIpc) is 2.85. The van der Waals surface area contributed by atoms with Crippen molar-refractivity contribution in [3.05, 3.63) is 83.2 Å². The third-order valence-corrected chi connectivity index (χ3v) is 6.07. The Morgan fingerprint density at radius 2 is 1.94 bits per heavy atom. The number of aliphatic carboxylic acids is 1. The van der Waals surface area contributed by atoms with Crippen LogP contribution in [-0.2, 0) is 4.79 Å². The van der Waals surface area contributed by atoms with Crippen LogP contribution < -0.4 is 39.6 Å². The molecular weight excluding hydrogens is 471 g/mol. The van der Waals surface area contributed by atoms with Gasteiger partial charge in [-0.25, -0.2) is 4.79 Å². The number of aromatic nitrogens is 1. The van der Waals surface area contributed by atoms with Crippen LogP contribution in [0.25, 0.3) is 23.3 Å². The Kier molecular flexibility index (Phi) is 11.5. The van der Waals surface area contributed by atoms with Crippen molar-refractivity contribution in [2.45, 2.75) is 19.4 Å². The van der Waals surface area contributed by atoms with Crippen LogP contribution in [-0.4, -0.2) is 47.1 Å². The summed E-state index contributed by atoms with van der Waals surface area (Å²) in [6, 6.07) is 14.2. The first-order chi connectivity index (χ1) is 16.4. The summed E-state index contributed by atoms with van der Waals surface area (Å²) in [4.78, 5) is 29.0. The zero-order chi connectivity index (χ0) is 24.5. The Bertz CT molecular complexity index is 1210. The van der Waals surface area contributed by atoms with Gasteiger partial charge in [-0.2, -0.15) is 11.8 Å².